The van der Waals surface area contributed by atoms with Crippen LogP contribution in [0.4, 0.5) is 5.69 Å². The molecule has 1 rings (SSSR count). The Morgan fingerprint density at radius 3 is 2.36 bits per heavy atom. The Labute approximate surface area is 129 Å². The lowest BCUT2D eigenvalue weighted by atomic mass is 10.2. The molecule has 0 atom stereocenters. The number of carbonyl (C=O) groups excluding carboxylic acids is 2. The van der Waals surface area contributed by atoms with Gasteiger partial charge >= 0.3 is 5.97 Å². The number of nitrogens with one attached hydrogen (secondary N) is 1. The van der Waals surface area contributed by atoms with Crippen LogP contribution in [0.3, 0.4) is 0 Å². The Morgan fingerprint density at radius 1 is 1.32 bits per heavy atom. The van der Waals surface area contributed by atoms with Gasteiger partial charge in [0.2, 0.25) is 15.9 Å². The summed E-state index contributed by atoms with van der Waals surface area (Å²) in [4.78, 5) is 23.1. The molecule has 1 N–H and O–H groups in total. The van der Waals surface area contributed by atoms with Crippen LogP contribution >= 0.6 is 0 Å². The van der Waals surface area contributed by atoms with Gasteiger partial charge in [0.1, 0.15) is 6.54 Å². The summed E-state index contributed by atoms with van der Waals surface area (Å²) in [5.74, 6) is -0.983. The highest BCUT2D eigenvalue weighted by Crippen LogP contribution is 2.18. The summed E-state index contributed by atoms with van der Waals surface area (Å²) in [6.45, 7) is 3.35. The predicted molar refractivity (Wildman–Crippen MR) is 83.2 cm³/mol. The van der Waals surface area contributed by atoms with Crippen molar-refractivity contribution in [3.05, 3.63) is 42.5 Å². The first-order valence-electron chi connectivity index (χ1n) is 6.33. The van der Waals surface area contributed by atoms with E-state index < -0.39 is 21.9 Å². The molecule has 0 heterocycles. The van der Waals surface area contributed by atoms with E-state index in [1.54, 1.807) is 0 Å². The normalized spacial score (nSPS) is 10.6. The standard InChI is InChI=1S/C14H18N2O5S/c1-4-9-15-13(17)10-16(22(3,19)20)12-7-5-11(6-8-12)14(18)21-2/h4-8H,1,9-10H2,2-3H3,(H,15,17). The molecule has 8 heteroatoms. The lowest BCUT2D eigenvalue weighted by molar-refractivity contribution is -0.119. The molecular formula is C14H18N2O5S. The van der Waals surface area contributed by atoms with Crippen LogP contribution in [0.25, 0.3) is 0 Å². The molecule has 1 aromatic rings. The maximum atomic E-state index is 11.9. The Balaban J connectivity index is 3.00. The summed E-state index contributed by atoms with van der Waals surface area (Å²) in [6, 6.07) is 5.74. The minimum Gasteiger partial charge on any atom is -0.465 e. The zero-order chi connectivity index (χ0) is 16.8. The summed E-state index contributed by atoms with van der Waals surface area (Å²) >= 11 is 0. The molecule has 0 fully saturated rings. The Kier molecular flexibility index (Phi) is 6.11. The van der Waals surface area contributed by atoms with E-state index in [0.717, 1.165) is 10.6 Å². The van der Waals surface area contributed by atoms with E-state index in [0.29, 0.717) is 0 Å². The van der Waals surface area contributed by atoms with Crippen molar-refractivity contribution in [2.24, 2.45) is 0 Å². The van der Waals surface area contributed by atoms with E-state index in [-0.39, 0.29) is 24.3 Å². The van der Waals surface area contributed by atoms with Crippen LogP contribution in [0.15, 0.2) is 36.9 Å². The molecule has 0 bridgehead atoms. The third kappa shape index (κ3) is 4.88. The first-order chi connectivity index (χ1) is 10.3. The topological polar surface area (TPSA) is 92.8 Å². The summed E-state index contributed by atoms with van der Waals surface area (Å²) in [5.41, 5.74) is 0.569. The predicted octanol–water partition coefficient (Wildman–Crippen LogP) is 0.541. The molecule has 22 heavy (non-hydrogen) atoms. The van der Waals surface area contributed by atoms with Crippen LogP contribution < -0.4 is 9.62 Å². The fraction of sp³-hybridized carbons (Fsp3) is 0.286. The molecule has 0 aliphatic carbocycles. The molecule has 0 saturated heterocycles. The van der Waals surface area contributed by atoms with E-state index in [2.05, 4.69) is 16.6 Å². The quantitative estimate of drug-likeness (QED) is 0.583. The van der Waals surface area contributed by atoms with Crippen molar-refractivity contribution >= 4 is 27.6 Å². The number of carbonyl (C=O) groups is 2. The summed E-state index contributed by atoms with van der Waals surface area (Å²) < 4.78 is 29.2. The fourth-order valence-corrected chi connectivity index (χ4v) is 2.51. The number of methoxy groups -OCH3 is 1. The molecule has 0 aromatic heterocycles. The van der Waals surface area contributed by atoms with E-state index in [1.165, 1.54) is 37.5 Å². The lowest BCUT2D eigenvalue weighted by Gasteiger charge is -2.21. The van der Waals surface area contributed by atoms with Gasteiger partial charge in [-0.05, 0) is 24.3 Å². The third-order valence-electron chi connectivity index (χ3n) is 2.71. The van der Waals surface area contributed by atoms with Crippen LogP contribution in [-0.4, -0.2) is 46.7 Å². The molecule has 0 unspecified atom stereocenters. The van der Waals surface area contributed by atoms with Crippen molar-refractivity contribution in [2.75, 3.05) is 30.8 Å². The monoisotopic (exact) mass is 326 g/mol. The number of esters is 1. The molecule has 1 amide bonds. The molecule has 0 aliphatic rings. The van der Waals surface area contributed by atoms with E-state index in [1.807, 2.05) is 0 Å². The number of hydrogen-bond donors (Lipinski definition) is 1. The third-order valence-corrected chi connectivity index (χ3v) is 3.85. The Bertz CT molecular complexity index is 652. The van der Waals surface area contributed by atoms with Crippen LogP contribution in [0.1, 0.15) is 10.4 Å². The average molecular weight is 326 g/mol. The fourth-order valence-electron chi connectivity index (χ4n) is 1.65. The molecule has 7 nitrogen and oxygen atoms in total. The average Bonchev–Trinajstić information content (AvgIpc) is 2.49. The van der Waals surface area contributed by atoms with Crippen molar-refractivity contribution < 1.29 is 22.7 Å². The maximum Gasteiger partial charge on any atom is 0.337 e. The van der Waals surface area contributed by atoms with Crippen LogP contribution in [0.5, 0.6) is 0 Å². The largest absolute Gasteiger partial charge is 0.465 e. The van der Waals surface area contributed by atoms with Gasteiger partial charge in [-0.3, -0.25) is 9.10 Å². The van der Waals surface area contributed by atoms with Crippen molar-refractivity contribution in [1.82, 2.24) is 5.32 Å². The number of sulfonamides is 1. The van der Waals surface area contributed by atoms with Gasteiger partial charge < -0.3 is 10.1 Å². The highest BCUT2D eigenvalue weighted by atomic mass is 32.2. The zero-order valence-corrected chi connectivity index (χ0v) is 13.2. The number of amides is 1. The Morgan fingerprint density at radius 2 is 1.91 bits per heavy atom. The first-order valence-corrected chi connectivity index (χ1v) is 8.18. The number of hydrogen-bond acceptors (Lipinski definition) is 5. The molecule has 0 spiro atoms. The zero-order valence-electron chi connectivity index (χ0n) is 12.4. The SMILES string of the molecule is C=CCNC(=O)CN(c1ccc(C(=O)OC)cc1)S(C)(=O)=O. The number of nitrogens with zero attached hydrogens (tertiary/aromatic N) is 1. The number of benzene rings is 1. The summed E-state index contributed by atoms with van der Waals surface area (Å²) in [6.07, 6.45) is 2.50. The van der Waals surface area contributed by atoms with Gasteiger partial charge in [0.15, 0.2) is 0 Å². The van der Waals surface area contributed by atoms with Gasteiger partial charge in [0.25, 0.3) is 0 Å². The van der Waals surface area contributed by atoms with Gasteiger partial charge in [-0.2, -0.15) is 0 Å². The van der Waals surface area contributed by atoms with Gasteiger partial charge in [-0.1, -0.05) is 6.08 Å². The summed E-state index contributed by atoms with van der Waals surface area (Å²) in [7, 11) is -2.39. The smallest absolute Gasteiger partial charge is 0.337 e. The highest BCUT2D eigenvalue weighted by Gasteiger charge is 2.20. The van der Waals surface area contributed by atoms with Crippen molar-refractivity contribution in [2.45, 2.75) is 0 Å². The minimum absolute atomic E-state index is 0.248. The molecule has 0 aliphatic heterocycles. The van der Waals surface area contributed by atoms with Crippen LogP contribution in [0, 0.1) is 0 Å². The maximum absolute atomic E-state index is 11.9. The van der Waals surface area contributed by atoms with E-state index in [4.69, 9.17) is 0 Å². The van der Waals surface area contributed by atoms with Crippen molar-refractivity contribution in [3.63, 3.8) is 0 Å². The van der Waals surface area contributed by atoms with Crippen LogP contribution in [-0.2, 0) is 19.6 Å². The summed E-state index contributed by atoms with van der Waals surface area (Å²) in [5, 5.41) is 2.51. The second-order valence-corrected chi connectivity index (χ2v) is 6.31. The number of anilines is 1. The Hall–Kier alpha value is -2.35. The minimum atomic E-state index is -3.65. The van der Waals surface area contributed by atoms with Crippen LogP contribution in [0.2, 0.25) is 0 Å². The van der Waals surface area contributed by atoms with Gasteiger partial charge in [-0.25, -0.2) is 13.2 Å². The second-order valence-electron chi connectivity index (χ2n) is 4.40. The molecule has 120 valence electrons. The van der Waals surface area contributed by atoms with Gasteiger partial charge in [-0.15, -0.1) is 6.58 Å². The second kappa shape index (κ2) is 7.60. The number of ether oxygens (including phenoxy) is 1. The van der Waals surface area contributed by atoms with Crippen molar-refractivity contribution in [3.8, 4) is 0 Å². The van der Waals surface area contributed by atoms with Gasteiger partial charge in [0, 0.05) is 6.54 Å². The molecule has 0 radical (unpaired) electrons. The van der Waals surface area contributed by atoms with Gasteiger partial charge in [0.05, 0.1) is 24.6 Å². The molecular weight excluding hydrogens is 308 g/mol. The lowest BCUT2D eigenvalue weighted by Crippen LogP contribution is -2.40. The molecule has 0 saturated carbocycles. The first kappa shape index (κ1) is 17.7. The van der Waals surface area contributed by atoms with Crippen molar-refractivity contribution in [1.29, 1.82) is 0 Å². The molecule has 1 aromatic carbocycles. The van der Waals surface area contributed by atoms with E-state index in [9.17, 15) is 18.0 Å². The van der Waals surface area contributed by atoms with E-state index >= 15 is 0 Å². The number of rotatable bonds is 7. The highest BCUT2D eigenvalue weighted by molar-refractivity contribution is 7.92.